The Morgan fingerprint density at radius 1 is 1.17 bits per heavy atom. The Bertz CT molecular complexity index is 914. The maximum Gasteiger partial charge on any atom is 0.274 e. The van der Waals surface area contributed by atoms with Crippen LogP contribution in [0, 0.1) is 0 Å². The molecule has 154 valence electrons. The number of H-pyrrole nitrogens is 1. The average Bonchev–Trinajstić information content (AvgIpc) is 3.23. The van der Waals surface area contributed by atoms with Crippen LogP contribution in [0.25, 0.3) is 0 Å². The first-order valence-electron chi connectivity index (χ1n) is 10.4. The van der Waals surface area contributed by atoms with Gasteiger partial charge in [-0.2, -0.15) is 5.10 Å². The van der Waals surface area contributed by atoms with Crippen molar-refractivity contribution in [3.05, 3.63) is 40.7 Å². The molecule has 2 aliphatic rings. The molecule has 0 unspecified atom stereocenters. The molecule has 1 N–H and O–H groups in total. The summed E-state index contributed by atoms with van der Waals surface area (Å²) in [7, 11) is 0. The van der Waals surface area contributed by atoms with Gasteiger partial charge < -0.3 is 9.80 Å². The van der Waals surface area contributed by atoms with Gasteiger partial charge in [0, 0.05) is 62.9 Å². The molecular weight excluding hydrogens is 368 g/mol. The van der Waals surface area contributed by atoms with Crippen LogP contribution in [0.2, 0.25) is 0 Å². The minimum atomic E-state index is -0.0560. The third-order valence-corrected chi connectivity index (χ3v) is 5.98. The van der Waals surface area contributed by atoms with Crippen molar-refractivity contribution in [1.29, 1.82) is 0 Å². The van der Waals surface area contributed by atoms with Gasteiger partial charge >= 0.3 is 0 Å². The van der Waals surface area contributed by atoms with Gasteiger partial charge in [-0.1, -0.05) is 13.8 Å². The van der Waals surface area contributed by atoms with Gasteiger partial charge in [-0.05, 0) is 24.8 Å². The summed E-state index contributed by atoms with van der Waals surface area (Å²) >= 11 is 0. The molecule has 0 bridgehead atoms. The topological polar surface area (TPSA) is 95.1 Å². The lowest BCUT2D eigenvalue weighted by atomic mass is 9.95. The molecular formula is C21H28N6O2. The van der Waals surface area contributed by atoms with Crippen molar-refractivity contribution < 1.29 is 9.59 Å². The van der Waals surface area contributed by atoms with Crippen LogP contribution in [0.4, 0.5) is 0 Å². The van der Waals surface area contributed by atoms with Crippen LogP contribution in [0.3, 0.4) is 0 Å². The largest absolute Gasteiger partial charge is 0.343 e. The highest BCUT2D eigenvalue weighted by atomic mass is 16.2. The molecule has 2 aliphatic heterocycles. The lowest BCUT2D eigenvalue weighted by Crippen LogP contribution is -2.38. The zero-order valence-electron chi connectivity index (χ0n) is 17.3. The second-order valence-corrected chi connectivity index (χ2v) is 8.32. The molecule has 8 nitrogen and oxygen atoms in total. The number of rotatable bonds is 3. The summed E-state index contributed by atoms with van der Waals surface area (Å²) in [5.74, 6) is 1.56. The van der Waals surface area contributed by atoms with Gasteiger partial charge in [0.05, 0.1) is 5.69 Å². The fraction of sp³-hybridized carbons (Fsp3) is 0.571. The van der Waals surface area contributed by atoms with E-state index in [0.29, 0.717) is 30.6 Å². The minimum absolute atomic E-state index is 0.0560. The predicted molar refractivity (Wildman–Crippen MR) is 107 cm³/mol. The Balaban J connectivity index is 1.43. The molecule has 2 aromatic rings. The molecule has 1 saturated heterocycles. The van der Waals surface area contributed by atoms with Crippen molar-refractivity contribution in [3.8, 4) is 0 Å². The summed E-state index contributed by atoms with van der Waals surface area (Å²) < 4.78 is 0. The van der Waals surface area contributed by atoms with E-state index in [1.54, 1.807) is 6.92 Å². The third kappa shape index (κ3) is 4.02. The number of piperidine rings is 1. The highest BCUT2D eigenvalue weighted by Gasteiger charge is 2.28. The average molecular weight is 396 g/mol. The fourth-order valence-electron chi connectivity index (χ4n) is 4.06. The molecule has 2 aromatic heterocycles. The molecule has 0 spiro atoms. The standard InChI is InChI=1S/C21H28N6O2/c1-13(2)18-10-19(25-24-18)21(29)27-9-6-17-16(12-27)11-22-20(23-17)15-4-7-26(8-5-15)14(3)28/h10-11,13,15H,4-9,12H2,1-3H3,(H,24,25). The zero-order valence-corrected chi connectivity index (χ0v) is 17.3. The zero-order chi connectivity index (χ0) is 20.5. The smallest absolute Gasteiger partial charge is 0.274 e. The number of carbonyl (C=O) groups is 2. The van der Waals surface area contributed by atoms with E-state index >= 15 is 0 Å². The van der Waals surface area contributed by atoms with Crippen LogP contribution in [0.5, 0.6) is 0 Å². The molecule has 0 atom stereocenters. The molecule has 0 aliphatic carbocycles. The Kier molecular flexibility index (Phi) is 5.34. The highest BCUT2D eigenvalue weighted by molar-refractivity contribution is 5.92. The van der Waals surface area contributed by atoms with Crippen molar-refractivity contribution in [2.75, 3.05) is 19.6 Å². The second-order valence-electron chi connectivity index (χ2n) is 8.32. The molecule has 1 fully saturated rings. The Morgan fingerprint density at radius 3 is 2.59 bits per heavy atom. The summed E-state index contributed by atoms with van der Waals surface area (Å²) in [6.45, 7) is 8.44. The van der Waals surface area contributed by atoms with Crippen molar-refractivity contribution >= 4 is 11.8 Å². The second kappa shape index (κ2) is 7.93. The fourth-order valence-corrected chi connectivity index (χ4v) is 4.06. The van der Waals surface area contributed by atoms with E-state index in [1.165, 1.54) is 0 Å². The monoisotopic (exact) mass is 396 g/mol. The summed E-state index contributed by atoms with van der Waals surface area (Å²) in [5.41, 5.74) is 3.48. The number of aromatic nitrogens is 4. The number of fused-ring (bicyclic) bond motifs is 1. The number of likely N-dealkylation sites (tertiary alicyclic amines) is 1. The van der Waals surface area contributed by atoms with E-state index in [-0.39, 0.29) is 11.8 Å². The van der Waals surface area contributed by atoms with Gasteiger partial charge in [-0.25, -0.2) is 9.97 Å². The molecule has 4 heterocycles. The quantitative estimate of drug-likeness (QED) is 0.859. The van der Waals surface area contributed by atoms with Gasteiger partial charge in [0.25, 0.3) is 5.91 Å². The van der Waals surface area contributed by atoms with E-state index < -0.39 is 0 Å². The lowest BCUT2D eigenvalue weighted by Gasteiger charge is -2.31. The van der Waals surface area contributed by atoms with Gasteiger partial charge in [-0.3, -0.25) is 14.7 Å². The first-order valence-corrected chi connectivity index (χ1v) is 10.4. The van der Waals surface area contributed by atoms with Crippen LogP contribution < -0.4 is 0 Å². The molecule has 0 aromatic carbocycles. The SMILES string of the molecule is CC(=O)N1CCC(c2ncc3c(n2)CCN(C(=O)c2cc(C(C)C)[nH]n2)C3)CC1. The van der Waals surface area contributed by atoms with Crippen molar-refractivity contribution in [2.24, 2.45) is 0 Å². The van der Waals surface area contributed by atoms with Crippen molar-refractivity contribution in [3.63, 3.8) is 0 Å². The molecule has 0 saturated carbocycles. The maximum absolute atomic E-state index is 12.8. The van der Waals surface area contributed by atoms with Gasteiger partial charge in [0.2, 0.25) is 5.91 Å². The molecule has 0 radical (unpaired) electrons. The summed E-state index contributed by atoms with van der Waals surface area (Å²) in [6.07, 6.45) is 4.41. The first kappa shape index (κ1) is 19.5. The molecule has 2 amide bonds. The molecule has 8 heteroatoms. The Hall–Kier alpha value is -2.77. The Labute approximate surface area is 170 Å². The van der Waals surface area contributed by atoms with Crippen molar-refractivity contribution in [2.45, 2.75) is 58.4 Å². The van der Waals surface area contributed by atoms with Crippen LogP contribution in [0.1, 0.15) is 78.7 Å². The predicted octanol–water partition coefficient (Wildman–Crippen LogP) is 2.25. The van der Waals surface area contributed by atoms with Crippen LogP contribution >= 0.6 is 0 Å². The van der Waals surface area contributed by atoms with Gasteiger partial charge in [-0.15, -0.1) is 0 Å². The van der Waals surface area contributed by atoms with E-state index in [9.17, 15) is 9.59 Å². The van der Waals surface area contributed by atoms with E-state index in [4.69, 9.17) is 4.98 Å². The molecule has 29 heavy (non-hydrogen) atoms. The van der Waals surface area contributed by atoms with Crippen LogP contribution in [-0.2, 0) is 17.8 Å². The summed E-state index contributed by atoms with van der Waals surface area (Å²) in [6, 6.07) is 1.84. The number of aromatic amines is 1. The highest BCUT2D eigenvalue weighted by Crippen LogP contribution is 2.27. The van der Waals surface area contributed by atoms with Gasteiger partial charge in [0.15, 0.2) is 0 Å². The van der Waals surface area contributed by atoms with Crippen LogP contribution in [0.15, 0.2) is 12.3 Å². The number of amides is 2. The number of hydrogen-bond acceptors (Lipinski definition) is 5. The van der Waals surface area contributed by atoms with Gasteiger partial charge in [0.1, 0.15) is 11.5 Å². The number of hydrogen-bond donors (Lipinski definition) is 1. The lowest BCUT2D eigenvalue weighted by molar-refractivity contribution is -0.129. The number of nitrogens with zero attached hydrogens (tertiary/aromatic N) is 5. The summed E-state index contributed by atoms with van der Waals surface area (Å²) in [5, 5.41) is 7.14. The first-order chi connectivity index (χ1) is 13.9. The maximum atomic E-state index is 12.8. The third-order valence-electron chi connectivity index (χ3n) is 5.98. The van der Waals surface area contributed by atoms with E-state index in [0.717, 1.165) is 55.1 Å². The normalized spacial score (nSPS) is 17.5. The minimum Gasteiger partial charge on any atom is -0.343 e. The van der Waals surface area contributed by atoms with E-state index in [2.05, 4.69) is 29.0 Å². The van der Waals surface area contributed by atoms with Crippen molar-refractivity contribution in [1.82, 2.24) is 30.0 Å². The van der Waals surface area contributed by atoms with E-state index in [1.807, 2.05) is 22.1 Å². The number of carbonyl (C=O) groups excluding carboxylic acids is 2. The molecule has 4 rings (SSSR count). The van der Waals surface area contributed by atoms with Crippen LogP contribution in [-0.4, -0.2) is 61.4 Å². The Morgan fingerprint density at radius 2 is 1.93 bits per heavy atom. The summed E-state index contributed by atoms with van der Waals surface area (Å²) in [4.78, 5) is 37.5. The number of nitrogens with one attached hydrogen (secondary N) is 1.